The minimum absolute atomic E-state index is 0.0280. The molecule has 0 atom stereocenters. The van der Waals surface area contributed by atoms with Crippen LogP contribution in [-0.4, -0.2) is 42.0 Å². The normalized spacial score (nSPS) is 14.3. The molecule has 0 spiro atoms. The number of benzene rings is 4. The van der Waals surface area contributed by atoms with E-state index < -0.39 is 0 Å². The van der Waals surface area contributed by atoms with Gasteiger partial charge in [-0.05, 0) is 79.2 Å². The molecule has 1 saturated heterocycles. The average Bonchev–Trinajstić information content (AvgIpc) is 3.31. The summed E-state index contributed by atoms with van der Waals surface area (Å²) in [6.07, 6.45) is 3.87. The quantitative estimate of drug-likeness (QED) is 0.231. The molecule has 2 heterocycles. The van der Waals surface area contributed by atoms with Crippen LogP contribution in [0.3, 0.4) is 0 Å². The minimum Gasteiger partial charge on any atom is -0.508 e. The number of thiophene rings is 1. The molecule has 1 aromatic heterocycles. The van der Waals surface area contributed by atoms with Gasteiger partial charge in [-0.2, -0.15) is 0 Å². The van der Waals surface area contributed by atoms with Crippen LogP contribution in [-0.2, 0) is 0 Å². The molecule has 0 aliphatic carbocycles. The van der Waals surface area contributed by atoms with E-state index in [0.29, 0.717) is 17.7 Å². The first-order valence-electron chi connectivity index (χ1n) is 12.9. The highest BCUT2D eigenvalue weighted by molar-refractivity contribution is 7.23. The van der Waals surface area contributed by atoms with E-state index in [2.05, 4.69) is 29.2 Å². The molecule has 1 aliphatic heterocycles. The number of hydrogen-bond acceptors (Lipinski definition) is 5. The standard InChI is InChI=1S/C32H29NO3S/c34-24-13-16-28-29(21-24)37-32(27-10-6-8-22-7-2-3-9-26(22)27)30(28)31(35)23-11-14-25(15-12-23)36-20-19-33-17-4-1-5-18-33/h2-3,6-16,21,34H,1,4-5,17-20H2. The summed E-state index contributed by atoms with van der Waals surface area (Å²) in [5.74, 6) is 0.950. The summed E-state index contributed by atoms with van der Waals surface area (Å²) >= 11 is 1.55. The van der Waals surface area contributed by atoms with Gasteiger partial charge in [0.2, 0.25) is 0 Å². The van der Waals surface area contributed by atoms with Crippen molar-refractivity contribution in [2.24, 2.45) is 0 Å². The lowest BCUT2D eigenvalue weighted by Gasteiger charge is -2.26. The number of aromatic hydroxyl groups is 1. The second-order valence-corrected chi connectivity index (χ2v) is 10.7. The molecule has 1 fully saturated rings. The molecule has 1 N–H and O–H groups in total. The second kappa shape index (κ2) is 10.4. The van der Waals surface area contributed by atoms with Gasteiger partial charge in [0.05, 0.1) is 0 Å². The van der Waals surface area contributed by atoms with Crippen LogP contribution in [0, 0.1) is 0 Å². The third kappa shape index (κ3) is 4.85. The van der Waals surface area contributed by atoms with Gasteiger partial charge in [0, 0.05) is 38.2 Å². The predicted octanol–water partition coefficient (Wildman–Crippen LogP) is 7.52. The van der Waals surface area contributed by atoms with Crippen LogP contribution in [0.25, 0.3) is 31.3 Å². The maximum absolute atomic E-state index is 14.0. The van der Waals surface area contributed by atoms with E-state index >= 15 is 0 Å². The fourth-order valence-corrected chi connectivity index (χ4v) is 6.52. The summed E-state index contributed by atoms with van der Waals surface area (Å²) in [5, 5.41) is 13.2. The van der Waals surface area contributed by atoms with Gasteiger partial charge in [0.15, 0.2) is 5.78 Å². The molecule has 4 aromatic carbocycles. The van der Waals surface area contributed by atoms with E-state index in [1.807, 2.05) is 48.5 Å². The van der Waals surface area contributed by atoms with Crippen molar-refractivity contribution >= 4 is 38.0 Å². The number of piperidine rings is 1. The zero-order valence-electron chi connectivity index (χ0n) is 20.7. The zero-order chi connectivity index (χ0) is 25.2. The summed E-state index contributed by atoms with van der Waals surface area (Å²) in [4.78, 5) is 17.3. The third-order valence-corrected chi connectivity index (χ3v) is 8.36. The summed E-state index contributed by atoms with van der Waals surface area (Å²) < 4.78 is 6.87. The van der Waals surface area contributed by atoms with Gasteiger partial charge in [-0.25, -0.2) is 0 Å². The highest BCUT2D eigenvalue weighted by Gasteiger charge is 2.23. The van der Waals surface area contributed by atoms with Crippen LogP contribution in [0.15, 0.2) is 84.9 Å². The maximum Gasteiger partial charge on any atom is 0.195 e. The number of nitrogens with zero attached hydrogens (tertiary/aromatic N) is 1. The molecule has 0 radical (unpaired) electrons. The Bertz CT molecular complexity index is 1560. The van der Waals surface area contributed by atoms with Crippen molar-refractivity contribution in [3.8, 4) is 21.9 Å². The molecule has 186 valence electrons. The van der Waals surface area contributed by atoms with E-state index in [-0.39, 0.29) is 11.5 Å². The lowest BCUT2D eigenvalue weighted by atomic mass is 9.95. The Morgan fingerprint density at radius 1 is 0.865 bits per heavy atom. The fourth-order valence-electron chi connectivity index (χ4n) is 5.25. The first kappa shape index (κ1) is 23.7. The number of carbonyl (C=O) groups is 1. The van der Waals surface area contributed by atoms with Gasteiger partial charge >= 0.3 is 0 Å². The zero-order valence-corrected chi connectivity index (χ0v) is 21.5. The molecule has 5 heteroatoms. The molecule has 0 amide bonds. The van der Waals surface area contributed by atoms with Crippen LogP contribution in [0.1, 0.15) is 35.2 Å². The average molecular weight is 508 g/mol. The van der Waals surface area contributed by atoms with Crippen molar-refractivity contribution in [3.63, 3.8) is 0 Å². The number of hydrogen-bond donors (Lipinski definition) is 1. The summed E-state index contributed by atoms with van der Waals surface area (Å²) in [6.45, 7) is 3.89. The molecule has 5 aromatic rings. The van der Waals surface area contributed by atoms with Crippen molar-refractivity contribution in [1.82, 2.24) is 4.90 Å². The van der Waals surface area contributed by atoms with E-state index in [0.717, 1.165) is 56.7 Å². The lowest BCUT2D eigenvalue weighted by Crippen LogP contribution is -2.33. The van der Waals surface area contributed by atoms with Gasteiger partial charge < -0.3 is 9.84 Å². The molecule has 4 nitrogen and oxygen atoms in total. The molecule has 0 saturated carbocycles. The van der Waals surface area contributed by atoms with Crippen molar-refractivity contribution in [1.29, 1.82) is 0 Å². The van der Waals surface area contributed by atoms with Gasteiger partial charge in [0.25, 0.3) is 0 Å². The predicted molar refractivity (Wildman–Crippen MR) is 152 cm³/mol. The summed E-state index contributed by atoms with van der Waals surface area (Å²) in [7, 11) is 0. The van der Waals surface area contributed by atoms with Crippen LogP contribution in [0.4, 0.5) is 0 Å². The molecule has 0 unspecified atom stereocenters. The Kier molecular flexibility index (Phi) is 6.64. The summed E-state index contributed by atoms with van der Waals surface area (Å²) in [6, 6.07) is 27.2. The van der Waals surface area contributed by atoms with E-state index in [1.54, 1.807) is 23.5 Å². The smallest absolute Gasteiger partial charge is 0.195 e. The van der Waals surface area contributed by atoms with Crippen LogP contribution in [0.2, 0.25) is 0 Å². The number of ketones is 1. The van der Waals surface area contributed by atoms with E-state index in [9.17, 15) is 9.90 Å². The molecular weight excluding hydrogens is 478 g/mol. The summed E-state index contributed by atoms with van der Waals surface area (Å²) in [5.41, 5.74) is 2.33. The number of fused-ring (bicyclic) bond motifs is 2. The Labute approximate surface area is 220 Å². The van der Waals surface area contributed by atoms with Crippen molar-refractivity contribution in [2.45, 2.75) is 19.3 Å². The first-order chi connectivity index (χ1) is 18.2. The number of likely N-dealkylation sites (tertiary alicyclic amines) is 1. The molecule has 0 bridgehead atoms. The largest absolute Gasteiger partial charge is 0.508 e. The SMILES string of the molecule is O=C(c1ccc(OCCN2CCCCC2)cc1)c1c(-c2cccc3ccccc23)sc2cc(O)ccc12. The van der Waals surface area contributed by atoms with Crippen LogP contribution >= 0.6 is 11.3 Å². The monoisotopic (exact) mass is 507 g/mol. The number of rotatable bonds is 7. The second-order valence-electron chi connectivity index (χ2n) is 9.62. The van der Waals surface area contributed by atoms with Gasteiger partial charge in [-0.15, -0.1) is 11.3 Å². The topological polar surface area (TPSA) is 49.8 Å². The Morgan fingerprint density at radius 2 is 1.65 bits per heavy atom. The molecule has 6 rings (SSSR count). The number of carbonyl (C=O) groups excluding carboxylic acids is 1. The Morgan fingerprint density at radius 3 is 2.49 bits per heavy atom. The molecular formula is C32H29NO3S. The van der Waals surface area contributed by atoms with Crippen LogP contribution < -0.4 is 4.74 Å². The Hall–Kier alpha value is -3.67. The van der Waals surface area contributed by atoms with Gasteiger partial charge in [-0.1, -0.05) is 48.9 Å². The van der Waals surface area contributed by atoms with Gasteiger partial charge in [0.1, 0.15) is 18.1 Å². The number of phenols is 1. The highest BCUT2D eigenvalue weighted by Crippen LogP contribution is 2.43. The first-order valence-corrected chi connectivity index (χ1v) is 13.7. The van der Waals surface area contributed by atoms with Crippen molar-refractivity contribution in [2.75, 3.05) is 26.2 Å². The number of phenolic OH excluding ortho intramolecular Hbond substituents is 1. The molecule has 1 aliphatic rings. The fraction of sp³-hybridized carbons (Fsp3) is 0.219. The molecule has 37 heavy (non-hydrogen) atoms. The maximum atomic E-state index is 14.0. The van der Waals surface area contributed by atoms with Crippen molar-refractivity contribution < 1.29 is 14.6 Å². The van der Waals surface area contributed by atoms with E-state index in [1.165, 1.54) is 19.3 Å². The van der Waals surface area contributed by atoms with E-state index in [4.69, 9.17) is 4.74 Å². The van der Waals surface area contributed by atoms with Crippen molar-refractivity contribution in [3.05, 3.63) is 96.1 Å². The third-order valence-electron chi connectivity index (χ3n) is 7.18. The van der Waals surface area contributed by atoms with Crippen LogP contribution in [0.5, 0.6) is 11.5 Å². The highest BCUT2D eigenvalue weighted by atomic mass is 32.1. The lowest BCUT2D eigenvalue weighted by molar-refractivity contribution is 0.104. The number of ether oxygens (including phenoxy) is 1. The van der Waals surface area contributed by atoms with Gasteiger partial charge in [-0.3, -0.25) is 9.69 Å². The minimum atomic E-state index is -0.0280. The Balaban J connectivity index is 1.32.